The van der Waals surface area contributed by atoms with Gasteiger partial charge in [-0.2, -0.15) is 0 Å². The number of amides is 2. The monoisotopic (exact) mass is 364 g/mol. The molecule has 0 aliphatic carbocycles. The molecule has 1 N–H and O–H groups in total. The van der Waals surface area contributed by atoms with E-state index in [1.54, 1.807) is 12.1 Å². The van der Waals surface area contributed by atoms with Crippen molar-refractivity contribution in [3.63, 3.8) is 0 Å². The number of urea groups is 1. The minimum atomic E-state index is -3.87. The van der Waals surface area contributed by atoms with Crippen molar-refractivity contribution < 1.29 is 17.7 Å². The van der Waals surface area contributed by atoms with E-state index >= 15 is 0 Å². The van der Waals surface area contributed by atoms with Crippen LogP contribution in [0.4, 0.5) is 10.6 Å². The first kappa shape index (κ1) is 17.3. The smallest absolute Gasteiger partial charge is 0.331 e. The topological polar surface area (TPSA) is 95.8 Å². The van der Waals surface area contributed by atoms with E-state index in [4.69, 9.17) is 4.52 Å². The van der Waals surface area contributed by atoms with Crippen LogP contribution < -0.4 is 9.62 Å². The standard InChI is InChI=1S/C16H20N4O4S/c1-12-3-5-14(6-4-12)25(22,23)18-16(21)20-9-7-19(8-10-20)15-11-13(2)24-17-15/h3-6,11H,7-10H2,1-2H3,(H,18,21). The molecule has 1 aliphatic heterocycles. The van der Waals surface area contributed by atoms with E-state index in [1.165, 1.54) is 17.0 Å². The summed E-state index contributed by atoms with van der Waals surface area (Å²) < 4.78 is 31.8. The minimum absolute atomic E-state index is 0.0724. The van der Waals surface area contributed by atoms with Gasteiger partial charge in [0, 0.05) is 32.2 Å². The van der Waals surface area contributed by atoms with Gasteiger partial charge in [-0.25, -0.2) is 17.9 Å². The molecule has 1 aromatic heterocycles. The summed E-state index contributed by atoms with van der Waals surface area (Å²) in [6, 6.07) is 7.56. The summed E-state index contributed by atoms with van der Waals surface area (Å²) in [5.41, 5.74) is 0.949. The quantitative estimate of drug-likeness (QED) is 0.887. The lowest BCUT2D eigenvalue weighted by molar-refractivity contribution is 0.200. The summed E-state index contributed by atoms with van der Waals surface area (Å²) in [7, 11) is -3.87. The van der Waals surface area contributed by atoms with Crippen LogP contribution in [0.25, 0.3) is 0 Å². The van der Waals surface area contributed by atoms with Crippen molar-refractivity contribution in [3.05, 3.63) is 41.7 Å². The number of carbonyl (C=O) groups is 1. The average Bonchev–Trinajstić information content (AvgIpc) is 3.01. The van der Waals surface area contributed by atoms with E-state index < -0.39 is 16.1 Å². The molecule has 1 fully saturated rings. The van der Waals surface area contributed by atoms with E-state index in [9.17, 15) is 13.2 Å². The third kappa shape index (κ3) is 3.93. The molecule has 2 amide bonds. The number of hydrogen-bond donors (Lipinski definition) is 1. The fourth-order valence-corrected chi connectivity index (χ4v) is 3.57. The Kier molecular flexibility index (Phi) is 4.67. The molecule has 3 rings (SSSR count). The van der Waals surface area contributed by atoms with Crippen LogP contribution in [0.5, 0.6) is 0 Å². The Morgan fingerprint density at radius 2 is 1.76 bits per heavy atom. The fraction of sp³-hybridized carbons (Fsp3) is 0.375. The largest absolute Gasteiger partial charge is 0.360 e. The van der Waals surface area contributed by atoms with Gasteiger partial charge in [-0.15, -0.1) is 0 Å². The molecule has 1 aromatic carbocycles. The van der Waals surface area contributed by atoms with Crippen molar-refractivity contribution in [2.24, 2.45) is 0 Å². The number of nitrogens with one attached hydrogen (secondary N) is 1. The maximum Gasteiger partial charge on any atom is 0.331 e. The second-order valence-electron chi connectivity index (χ2n) is 5.99. The Morgan fingerprint density at radius 3 is 2.32 bits per heavy atom. The Morgan fingerprint density at radius 1 is 1.12 bits per heavy atom. The molecular formula is C16H20N4O4S. The zero-order valence-electron chi connectivity index (χ0n) is 14.1. The highest BCUT2D eigenvalue weighted by Gasteiger charge is 2.26. The van der Waals surface area contributed by atoms with E-state index in [2.05, 4.69) is 9.88 Å². The van der Waals surface area contributed by atoms with Gasteiger partial charge in [0.25, 0.3) is 10.0 Å². The maximum absolute atomic E-state index is 12.3. The molecule has 0 unspecified atom stereocenters. The number of carbonyl (C=O) groups excluding carboxylic acids is 1. The van der Waals surface area contributed by atoms with E-state index in [-0.39, 0.29) is 4.90 Å². The molecule has 0 bridgehead atoms. The van der Waals surface area contributed by atoms with Gasteiger partial charge in [-0.05, 0) is 26.0 Å². The van der Waals surface area contributed by atoms with Gasteiger partial charge < -0.3 is 14.3 Å². The molecule has 0 spiro atoms. The van der Waals surface area contributed by atoms with Gasteiger partial charge in [-0.1, -0.05) is 22.9 Å². The number of aryl methyl sites for hydroxylation is 2. The van der Waals surface area contributed by atoms with Gasteiger partial charge in [0.1, 0.15) is 5.76 Å². The SMILES string of the molecule is Cc1ccc(S(=O)(=O)NC(=O)N2CCN(c3cc(C)on3)CC2)cc1. The number of sulfonamides is 1. The Bertz CT molecular complexity index is 853. The van der Waals surface area contributed by atoms with Crippen LogP contribution in [0.2, 0.25) is 0 Å². The van der Waals surface area contributed by atoms with Gasteiger partial charge in [0.2, 0.25) is 0 Å². The van der Waals surface area contributed by atoms with Crippen LogP contribution in [0.3, 0.4) is 0 Å². The normalized spacial score (nSPS) is 15.3. The minimum Gasteiger partial charge on any atom is -0.360 e. The van der Waals surface area contributed by atoms with Gasteiger partial charge in [0.05, 0.1) is 4.90 Å². The number of nitrogens with zero attached hydrogens (tertiary/aromatic N) is 3. The van der Waals surface area contributed by atoms with E-state index in [1.807, 2.05) is 24.8 Å². The number of hydrogen-bond acceptors (Lipinski definition) is 6. The molecule has 2 heterocycles. The molecule has 25 heavy (non-hydrogen) atoms. The highest BCUT2D eigenvalue weighted by atomic mass is 32.2. The van der Waals surface area contributed by atoms with Crippen molar-refractivity contribution in [2.45, 2.75) is 18.7 Å². The van der Waals surface area contributed by atoms with Crippen LogP contribution in [0.1, 0.15) is 11.3 Å². The summed E-state index contributed by atoms with van der Waals surface area (Å²) in [4.78, 5) is 15.8. The highest BCUT2D eigenvalue weighted by molar-refractivity contribution is 7.90. The Hall–Kier alpha value is -2.55. The van der Waals surface area contributed by atoms with Crippen LogP contribution >= 0.6 is 0 Å². The summed E-state index contributed by atoms with van der Waals surface area (Å²) in [5, 5.41) is 3.95. The predicted octanol–water partition coefficient (Wildman–Crippen LogP) is 1.51. The molecule has 8 nitrogen and oxygen atoms in total. The second kappa shape index (κ2) is 6.75. The molecule has 2 aromatic rings. The lowest BCUT2D eigenvalue weighted by Gasteiger charge is -2.34. The number of aromatic nitrogens is 1. The molecule has 0 radical (unpaired) electrons. The molecular weight excluding hydrogens is 344 g/mol. The lowest BCUT2D eigenvalue weighted by Crippen LogP contribution is -2.52. The molecule has 0 atom stereocenters. The molecule has 0 saturated carbocycles. The number of piperazine rings is 1. The zero-order valence-corrected chi connectivity index (χ0v) is 14.9. The fourth-order valence-electron chi connectivity index (χ4n) is 2.60. The van der Waals surface area contributed by atoms with E-state index in [0.29, 0.717) is 26.2 Å². The van der Waals surface area contributed by atoms with Crippen molar-refractivity contribution in [1.29, 1.82) is 0 Å². The summed E-state index contributed by atoms with van der Waals surface area (Å²) in [6.07, 6.45) is 0. The van der Waals surface area contributed by atoms with Gasteiger partial charge in [-0.3, -0.25) is 0 Å². The van der Waals surface area contributed by atoms with Crippen molar-refractivity contribution >= 4 is 21.9 Å². The van der Waals surface area contributed by atoms with Crippen LogP contribution in [0, 0.1) is 13.8 Å². The molecule has 9 heteroatoms. The van der Waals surface area contributed by atoms with Crippen LogP contribution in [-0.2, 0) is 10.0 Å². The Balaban J connectivity index is 1.60. The van der Waals surface area contributed by atoms with Crippen molar-refractivity contribution in [3.8, 4) is 0 Å². The highest BCUT2D eigenvalue weighted by Crippen LogP contribution is 2.16. The number of anilines is 1. The molecule has 134 valence electrons. The summed E-state index contributed by atoms with van der Waals surface area (Å²) in [6.45, 7) is 5.61. The second-order valence-corrected chi connectivity index (χ2v) is 7.68. The molecule has 1 aliphatic rings. The van der Waals surface area contributed by atoms with Crippen LogP contribution in [0.15, 0.2) is 39.8 Å². The third-order valence-corrected chi connectivity index (χ3v) is 5.40. The first-order chi connectivity index (χ1) is 11.8. The predicted molar refractivity (Wildman–Crippen MR) is 91.9 cm³/mol. The van der Waals surface area contributed by atoms with Gasteiger partial charge in [0.15, 0.2) is 5.82 Å². The third-order valence-electron chi connectivity index (χ3n) is 4.06. The Labute approximate surface area is 146 Å². The lowest BCUT2D eigenvalue weighted by atomic mass is 10.2. The van der Waals surface area contributed by atoms with Crippen LogP contribution in [-0.4, -0.2) is 50.7 Å². The van der Waals surface area contributed by atoms with Crippen molar-refractivity contribution in [2.75, 3.05) is 31.1 Å². The van der Waals surface area contributed by atoms with E-state index in [0.717, 1.165) is 17.1 Å². The average molecular weight is 364 g/mol. The van der Waals surface area contributed by atoms with Gasteiger partial charge >= 0.3 is 6.03 Å². The number of benzene rings is 1. The first-order valence-electron chi connectivity index (χ1n) is 7.92. The molecule has 1 saturated heterocycles. The number of rotatable bonds is 3. The first-order valence-corrected chi connectivity index (χ1v) is 9.40. The zero-order chi connectivity index (χ0) is 18.0. The summed E-state index contributed by atoms with van der Waals surface area (Å²) in [5.74, 6) is 1.45. The summed E-state index contributed by atoms with van der Waals surface area (Å²) >= 11 is 0. The van der Waals surface area contributed by atoms with Crippen molar-refractivity contribution in [1.82, 2.24) is 14.8 Å². The maximum atomic E-state index is 12.3.